The first kappa shape index (κ1) is 20.2. The van der Waals surface area contributed by atoms with Crippen molar-refractivity contribution in [3.8, 4) is 17.0 Å². The Morgan fingerprint density at radius 2 is 1.69 bits per heavy atom. The van der Waals surface area contributed by atoms with Crippen LogP contribution in [-0.4, -0.2) is 31.8 Å². The summed E-state index contributed by atoms with van der Waals surface area (Å²) in [5, 5.41) is 29.5. The molecule has 3 atom stereocenters. The second kappa shape index (κ2) is 7.77. The molecule has 0 amide bonds. The SMILES string of the molecule is CC1(O)Cc2[nH]nc(-c3ccccc3)c2C(c2cccc(O)c2)C1C(=O)c1ccccc1. The van der Waals surface area contributed by atoms with Gasteiger partial charge in [-0.25, -0.2) is 0 Å². The molecule has 0 saturated heterocycles. The number of nitrogens with one attached hydrogen (secondary N) is 1. The fourth-order valence-corrected chi connectivity index (χ4v) is 4.96. The number of Topliss-reactive ketones (excluding diaryl/α,β-unsaturated/α-hetero) is 1. The first-order valence-electron chi connectivity index (χ1n) is 10.7. The maximum Gasteiger partial charge on any atom is 0.169 e. The van der Waals surface area contributed by atoms with Crippen LogP contribution < -0.4 is 0 Å². The number of ketones is 1. The van der Waals surface area contributed by atoms with E-state index < -0.39 is 17.4 Å². The zero-order chi connectivity index (χ0) is 22.3. The van der Waals surface area contributed by atoms with E-state index >= 15 is 0 Å². The van der Waals surface area contributed by atoms with Crippen LogP contribution in [0.4, 0.5) is 0 Å². The number of H-pyrrole nitrogens is 1. The van der Waals surface area contributed by atoms with Gasteiger partial charge < -0.3 is 10.2 Å². The predicted octanol–water partition coefficient (Wildman–Crippen LogP) is 4.72. The highest BCUT2D eigenvalue weighted by Gasteiger charge is 2.50. The Kier molecular flexibility index (Phi) is 4.91. The third-order valence-corrected chi connectivity index (χ3v) is 6.35. The Morgan fingerprint density at radius 1 is 1.00 bits per heavy atom. The Labute approximate surface area is 186 Å². The fraction of sp³-hybridized carbons (Fsp3) is 0.185. The van der Waals surface area contributed by atoms with E-state index in [0.717, 1.165) is 28.1 Å². The smallest absolute Gasteiger partial charge is 0.169 e. The summed E-state index contributed by atoms with van der Waals surface area (Å²) in [5.74, 6) is -1.25. The minimum absolute atomic E-state index is 0.116. The van der Waals surface area contributed by atoms with Crippen molar-refractivity contribution in [1.82, 2.24) is 10.2 Å². The second-order valence-electron chi connectivity index (χ2n) is 8.65. The van der Waals surface area contributed by atoms with Gasteiger partial charge in [0.15, 0.2) is 5.78 Å². The molecule has 5 nitrogen and oxygen atoms in total. The van der Waals surface area contributed by atoms with Crippen molar-refractivity contribution in [1.29, 1.82) is 0 Å². The number of aromatic nitrogens is 2. The Hall–Kier alpha value is -3.70. The zero-order valence-corrected chi connectivity index (χ0v) is 17.7. The number of hydrogen-bond acceptors (Lipinski definition) is 4. The number of nitrogens with zero attached hydrogens (tertiary/aromatic N) is 1. The molecule has 4 aromatic rings. The number of carbonyl (C=O) groups excluding carboxylic acids is 1. The number of phenols is 1. The Bertz CT molecular complexity index is 1260. The van der Waals surface area contributed by atoms with Gasteiger partial charge in [-0.3, -0.25) is 9.89 Å². The number of aliphatic hydroxyl groups is 1. The number of benzene rings is 3. The highest BCUT2D eigenvalue weighted by molar-refractivity contribution is 6.00. The van der Waals surface area contributed by atoms with Crippen LogP contribution >= 0.6 is 0 Å². The molecular formula is C27H24N2O3. The molecular weight excluding hydrogens is 400 g/mol. The molecule has 1 heterocycles. The van der Waals surface area contributed by atoms with Crippen LogP contribution in [0.1, 0.15) is 40.0 Å². The summed E-state index contributed by atoms with van der Waals surface area (Å²) in [6, 6.07) is 25.8. The Balaban J connectivity index is 1.75. The van der Waals surface area contributed by atoms with Crippen LogP contribution in [0.5, 0.6) is 5.75 Å². The molecule has 1 aliphatic carbocycles. The molecule has 1 aromatic heterocycles. The lowest BCUT2D eigenvalue weighted by molar-refractivity contribution is -0.00736. The Morgan fingerprint density at radius 3 is 2.38 bits per heavy atom. The molecule has 0 spiro atoms. The largest absolute Gasteiger partial charge is 0.508 e. The van der Waals surface area contributed by atoms with Gasteiger partial charge in [0.25, 0.3) is 0 Å². The molecule has 32 heavy (non-hydrogen) atoms. The lowest BCUT2D eigenvalue weighted by Crippen LogP contribution is -2.48. The van der Waals surface area contributed by atoms with Crippen LogP contribution in [0.3, 0.4) is 0 Å². The highest BCUT2D eigenvalue weighted by atomic mass is 16.3. The van der Waals surface area contributed by atoms with Gasteiger partial charge in [-0.05, 0) is 24.6 Å². The topological polar surface area (TPSA) is 86.2 Å². The van der Waals surface area contributed by atoms with E-state index in [1.807, 2.05) is 54.6 Å². The lowest BCUT2D eigenvalue weighted by Gasteiger charge is -2.42. The maximum atomic E-state index is 13.8. The van der Waals surface area contributed by atoms with Crippen molar-refractivity contribution in [2.45, 2.75) is 24.9 Å². The van der Waals surface area contributed by atoms with Crippen molar-refractivity contribution in [3.05, 3.63) is 107 Å². The van der Waals surface area contributed by atoms with Crippen molar-refractivity contribution in [2.75, 3.05) is 0 Å². The van der Waals surface area contributed by atoms with Crippen LogP contribution in [0, 0.1) is 5.92 Å². The van der Waals surface area contributed by atoms with Crippen LogP contribution in [0.2, 0.25) is 0 Å². The number of fused-ring (bicyclic) bond motifs is 1. The summed E-state index contributed by atoms with van der Waals surface area (Å²) in [7, 11) is 0. The molecule has 160 valence electrons. The minimum Gasteiger partial charge on any atom is -0.508 e. The van der Waals surface area contributed by atoms with E-state index in [2.05, 4.69) is 10.2 Å². The summed E-state index contributed by atoms with van der Waals surface area (Å²) in [4.78, 5) is 13.8. The van der Waals surface area contributed by atoms with Crippen LogP contribution in [0.25, 0.3) is 11.3 Å². The van der Waals surface area contributed by atoms with E-state index in [-0.39, 0.29) is 18.0 Å². The number of aromatic amines is 1. The van der Waals surface area contributed by atoms with Crippen LogP contribution in [-0.2, 0) is 6.42 Å². The molecule has 1 aliphatic rings. The quantitative estimate of drug-likeness (QED) is 0.414. The van der Waals surface area contributed by atoms with E-state index in [0.29, 0.717) is 5.56 Å². The molecule has 3 aromatic carbocycles. The number of hydrogen-bond donors (Lipinski definition) is 3. The number of carbonyl (C=O) groups is 1. The summed E-state index contributed by atoms with van der Waals surface area (Å²) in [6.07, 6.45) is 0.278. The van der Waals surface area contributed by atoms with Crippen molar-refractivity contribution in [2.24, 2.45) is 5.92 Å². The van der Waals surface area contributed by atoms with Gasteiger partial charge >= 0.3 is 0 Å². The van der Waals surface area contributed by atoms with Gasteiger partial charge in [-0.15, -0.1) is 0 Å². The molecule has 0 saturated carbocycles. The van der Waals surface area contributed by atoms with Gasteiger partial charge in [0.1, 0.15) is 5.75 Å². The van der Waals surface area contributed by atoms with Crippen LogP contribution in [0.15, 0.2) is 84.9 Å². The predicted molar refractivity (Wildman–Crippen MR) is 123 cm³/mol. The molecule has 0 aliphatic heterocycles. The third-order valence-electron chi connectivity index (χ3n) is 6.35. The van der Waals surface area contributed by atoms with E-state index in [1.54, 1.807) is 37.3 Å². The van der Waals surface area contributed by atoms with Gasteiger partial charge in [0, 0.05) is 34.7 Å². The lowest BCUT2D eigenvalue weighted by atomic mass is 9.63. The molecule has 0 fully saturated rings. The number of phenolic OH excluding ortho intramolecular Hbond substituents is 1. The zero-order valence-electron chi connectivity index (χ0n) is 17.7. The monoisotopic (exact) mass is 424 g/mol. The van der Waals surface area contributed by atoms with E-state index in [9.17, 15) is 15.0 Å². The van der Waals surface area contributed by atoms with Crippen molar-refractivity contribution >= 4 is 5.78 Å². The van der Waals surface area contributed by atoms with Gasteiger partial charge in [0.2, 0.25) is 0 Å². The fourth-order valence-electron chi connectivity index (χ4n) is 4.96. The van der Waals surface area contributed by atoms with E-state index in [1.165, 1.54) is 0 Å². The minimum atomic E-state index is -1.31. The molecule has 3 N–H and O–H groups in total. The van der Waals surface area contributed by atoms with Crippen molar-refractivity contribution in [3.63, 3.8) is 0 Å². The summed E-state index contributed by atoms with van der Waals surface area (Å²) < 4.78 is 0. The van der Waals surface area contributed by atoms with Crippen molar-refractivity contribution < 1.29 is 15.0 Å². The second-order valence-corrected chi connectivity index (χ2v) is 8.65. The molecule has 0 radical (unpaired) electrons. The maximum absolute atomic E-state index is 13.8. The summed E-state index contributed by atoms with van der Waals surface area (Å²) >= 11 is 0. The third kappa shape index (κ3) is 3.41. The first-order chi connectivity index (χ1) is 15.5. The highest BCUT2D eigenvalue weighted by Crippen LogP contribution is 2.49. The van der Waals surface area contributed by atoms with Gasteiger partial charge in [-0.1, -0.05) is 72.8 Å². The molecule has 5 rings (SSSR count). The molecule has 0 bridgehead atoms. The first-order valence-corrected chi connectivity index (χ1v) is 10.7. The summed E-state index contributed by atoms with van der Waals surface area (Å²) in [6.45, 7) is 1.71. The standard InChI is InChI=1S/C27H24N2O3/c1-27(32)16-21-23(25(29-28-21)17-9-4-2-5-10-17)22(19-13-8-14-20(30)15-19)24(27)26(31)18-11-6-3-7-12-18/h2-15,22,24,30,32H,16H2,1H3,(H,28,29). The average molecular weight is 425 g/mol. The summed E-state index contributed by atoms with van der Waals surface area (Å²) in [5.41, 5.74) is 3.39. The van der Waals surface area contributed by atoms with Gasteiger partial charge in [-0.2, -0.15) is 5.10 Å². The van der Waals surface area contributed by atoms with E-state index in [4.69, 9.17) is 0 Å². The normalized spacial score (nSPS) is 22.3. The number of aromatic hydroxyl groups is 1. The van der Waals surface area contributed by atoms with Gasteiger partial charge in [0.05, 0.1) is 17.2 Å². The molecule has 3 unspecified atom stereocenters. The average Bonchev–Trinajstić information content (AvgIpc) is 3.21. The number of rotatable bonds is 4. The molecule has 5 heteroatoms.